The Kier molecular flexibility index (Phi) is 7.57. The van der Waals surface area contributed by atoms with Crippen LogP contribution in [0.4, 0.5) is 0 Å². The minimum atomic E-state index is -0.0762. The first kappa shape index (κ1) is 20.6. The number of likely N-dealkylation sites (N-methyl/N-ethyl adjacent to an activating group) is 1. The van der Waals surface area contributed by atoms with E-state index >= 15 is 0 Å². The van der Waals surface area contributed by atoms with Crippen LogP contribution in [0.2, 0.25) is 0 Å². The summed E-state index contributed by atoms with van der Waals surface area (Å²) in [4.78, 5) is 31.7. The fourth-order valence-electron chi connectivity index (χ4n) is 5.24. The summed E-state index contributed by atoms with van der Waals surface area (Å²) in [6.07, 6.45) is 13.2. The van der Waals surface area contributed by atoms with Gasteiger partial charge < -0.3 is 9.80 Å². The van der Waals surface area contributed by atoms with Gasteiger partial charge in [-0.05, 0) is 32.1 Å². The minimum Gasteiger partial charge on any atom is -0.341 e. The molecule has 5 heteroatoms. The van der Waals surface area contributed by atoms with Crippen LogP contribution in [0.5, 0.6) is 0 Å². The van der Waals surface area contributed by atoms with Crippen LogP contribution in [0.3, 0.4) is 0 Å². The predicted octanol–water partition coefficient (Wildman–Crippen LogP) is 3.28. The number of carbonyl (C=O) groups excluding carboxylic acids is 2. The maximum Gasteiger partial charge on any atom is 0.239 e. The second-order valence-electron chi connectivity index (χ2n) is 9.02. The molecule has 1 atom stereocenters. The Morgan fingerprint density at radius 1 is 0.926 bits per heavy atom. The van der Waals surface area contributed by atoms with Crippen molar-refractivity contribution in [3.8, 4) is 0 Å². The molecule has 2 aliphatic carbocycles. The van der Waals surface area contributed by atoms with Crippen molar-refractivity contribution in [3.05, 3.63) is 0 Å². The molecule has 0 N–H and O–H groups in total. The molecule has 3 fully saturated rings. The first-order valence-electron chi connectivity index (χ1n) is 11.3. The maximum absolute atomic E-state index is 12.9. The molecule has 1 aliphatic heterocycles. The molecule has 0 radical (unpaired) electrons. The van der Waals surface area contributed by atoms with Crippen molar-refractivity contribution >= 4 is 11.8 Å². The average Bonchev–Trinajstić information content (AvgIpc) is 3.25. The zero-order chi connectivity index (χ0) is 19.2. The summed E-state index contributed by atoms with van der Waals surface area (Å²) in [7, 11) is 1.98. The molecule has 2 saturated carbocycles. The van der Waals surface area contributed by atoms with Gasteiger partial charge in [-0.25, -0.2) is 0 Å². The third-order valence-corrected chi connectivity index (χ3v) is 7.28. The Balaban J connectivity index is 1.40. The van der Waals surface area contributed by atoms with Crippen LogP contribution in [0.25, 0.3) is 0 Å². The molecule has 5 nitrogen and oxygen atoms in total. The standard InChI is InChI=1S/C22H39N3O2/c1-18(22(27)23(2)20-10-4-3-5-11-20)24-14-16-25(17-15-24)21(26)13-12-19-8-6-7-9-19/h18-20H,3-17H2,1-2H3. The lowest BCUT2D eigenvalue weighted by Gasteiger charge is -2.40. The van der Waals surface area contributed by atoms with Crippen LogP contribution in [0.15, 0.2) is 0 Å². The number of hydrogen-bond donors (Lipinski definition) is 0. The number of amides is 2. The van der Waals surface area contributed by atoms with Gasteiger partial charge in [0, 0.05) is 45.7 Å². The Morgan fingerprint density at radius 3 is 2.15 bits per heavy atom. The highest BCUT2D eigenvalue weighted by Crippen LogP contribution is 2.29. The third kappa shape index (κ3) is 5.46. The van der Waals surface area contributed by atoms with Gasteiger partial charge in [0.05, 0.1) is 6.04 Å². The zero-order valence-electron chi connectivity index (χ0n) is 17.5. The lowest BCUT2D eigenvalue weighted by Crippen LogP contribution is -2.56. The van der Waals surface area contributed by atoms with Gasteiger partial charge in [0.15, 0.2) is 0 Å². The monoisotopic (exact) mass is 377 g/mol. The largest absolute Gasteiger partial charge is 0.341 e. The maximum atomic E-state index is 12.9. The number of nitrogens with zero attached hydrogens (tertiary/aromatic N) is 3. The van der Waals surface area contributed by atoms with E-state index < -0.39 is 0 Å². The van der Waals surface area contributed by atoms with E-state index in [-0.39, 0.29) is 11.9 Å². The van der Waals surface area contributed by atoms with Gasteiger partial charge in [-0.15, -0.1) is 0 Å². The van der Waals surface area contributed by atoms with Crippen LogP contribution in [0.1, 0.15) is 77.6 Å². The highest BCUT2D eigenvalue weighted by molar-refractivity contribution is 5.81. The normalized spacial score (nSPS) is 24.1. The third-order valence-electron chi connectivity index (χ3n) is 7.28. The molecule has 1 unspecified atom stereocenters. The smallest absolute Gasteiger partial charge is 0.239 e. The van der Waals surface area contributed by atoms with Crippen molar-refractivity contribution in [2.75, 3.05) is 33.2 Å². The topological polar surface area (TPSA) is 43.9 Å². The quantitative estimate of drug-likeness (QED) is 0.713. The van der Waals surface area contributed by atoms with Gasteiger partial charge in [0.2, 0.25) is 11.8 Å². The molecular formula is C22H39N3O2. The molecule has 27 heavy (non-hydrogen) atoms. The second kappa shape index (κ2) is 9.90. The number of hydrogen-bond acceptors (Lipinski definition) is 3. The van der Waals surface area contributed by atoms with Crippen LogP contribution in [0, 0.1) is 5.92 Å². The highest BCUT2D eigenvalue weighted by atomic mass is 16.2. The molecule has 0 aromatic rings. The molecule has 1 saturated heterocycles. The summed E-state index contributed by atoms with van der Waals surface area (Å²) in [5.41, 5.74) is 0. The van der Waals surface area contributed by atoms with Crippen LogP contribution < -0.4 is 0 Å². The lowest BCUT2D eigenvalue weighted by atomic mass is 9.94. The molecule has 0 spiro atoms. The zero-order valence-corrected chi connectivity index (χ0v) is 17.5. The van der Waals surface area contributed by atoms with Crippen molar-refractivity contribution in [1.82, 2.24) is 14.7 Å². The van der Waals surface area contributed by atoms with Gasteiger partial charge in [0.1, 0.15) is 0 Å². The van der Waals surface area contributed by atoms with Crippen LogP contribution >= 0.6 is 0 Å². The molecular weight excluding hydrogens is 338 g/mol. The van der Waals surface area contributed by atoms with E-state index in [9.17, 15) is 9.59 Å². The fourth-order valence-corrected chi connectivity index (χ4v) is 5.24. The second-order valence-corrected chi connectivity index (χ2v) is 9.02. The van der Waals surface area contributed by atoms with E-state index in [0.29, 0.717) is 18.4 Å². The van der Waals surface area contributed by atoms with Crippen LogP contribution in [-0.4, -0.2) is 71.8 Å². The van der Waals surface area contributed by atoms with Crippen molar-refractivity contribution in [3.63, 3.8) is 0 Å². The van der Waals surface area contributed by atoms with Crippen molar-refractivity contribution in [2.24, 2.45) is 5.92 Å². The van der Waals surface area contributed by atoms with Gasteiger partial charge in [0.25, 0.3) is 0 Å². The van der Waals surface area contributed by atoms with Gasteiger partial charge >= 0.3 is 0 Å². The van der Waals surface area contributed by atoms with Crippen molar-refractivity contribution in [2.45, 2.75) is 89.6 Å². The Labute approximate surface area is 165 Å². The fraction of sp³-hybridized carbons (Fsp3) is 0.909. The lowest BCUT2D eigenvalue weighted by molar-refractivity contribution is -0.140. The summed E-state index contributed by atoms with van der Waals surface area (Å²) in [5.74, 6) is 1.35. The molecule has 154 valence electrons. The molecule has 2 amide bonds. The van der Waals surface area contributed by atoms with E-state index in [1.54, 1.807) is 0 Å². The Morgan fingerprint density at radius 2 is 1.52 bits per heavy atom. The summed E-state index contributed by atoms with van der Waals surface area (Å²) in [6.45, 7) is 5.23. The van der Waals surface area contributed by atoms with Gasteiger partial charge in [-0.3, -0.25) is 14.5 Å². The number of rotatable bonds is 6. The summed E-state index contributed by atoms with van der Waals surface area (Å²) >= 11 is 0. The van der Waals surface area contributed by atoms with E-state index in [2.05, 4.69) is 4.90 Å². The Bertz CT molecular complexity index is 490. The SMILES string of the molecule is CC(C(=O)N(C)C1CCCCC1)N1CCN(C(=O)CCC2CCCC2)CC1. The first-order chi connectivity index (χ1) is 13.1. The van der Waals surface area contributed by atoms with E-state index in [0.717, 1.165) is 51.4 Å². The van der Waals surface area contributed by atoms with Gasteiger partial charge in [-0.1, -0.05) is 44.9 Å². The molecule has 0 aromatic carbocycles. The molecule has 0 bridgehead atoms. The van der Waals surface area contributed by atoms with E-state index in [1.165, 1.54) is 44.9 Å². The summed E-state index contributed by atoms with van der Waals surface area (Å²) < 4.78 is 0. The average molecular weight is 378 g/mol. The molecule has 1 heterocycles. The van der Waals surface area contributed by atoms with E-state index in [4.69, 9.17) is 0 Å². The molecule has 3 aliphatic rings. The molecule has 3 rings (SSSR count). The highest BCUT2D eigenvalue weighted by Gasteiger charge is 2.31. The molecule has 0 aromatic heterocycles. The number of carbonyl (C=O) groups is 2. The van der Waals surface area contributed by atoms with E-state index in [1.807, 2.05) is 23.8 Å². The first-order valence-corrected chi connectivity index (χ1v) is 11.3. The summed E-state index contributed by atoms with van der Waals surface area (Å²) in [6, 6.07) is 0.347. The van der Waals surface area contributed by atoms with Crippen molar-refractivity contribution in [1.29, 1.82) is 0 Å². The van der Waals surface area contributed by atoms with Crippen molar-refractivity contribution < 1.29 is 9.59 Å². The number of piperazine rings is 1. The summed E-state index contributed by atoms with van der Waals surface area (Å²) in [5, 5.41) is 0. The minimum absolute atomic E-state index is 0.0762. The Hall–Kier alpha value is -1.10. The predicted molar refractivity (Wildman–Crippen MR) is 108 cm³/mol. The van der Waals surface area contributed by atoms with Gasteiger partial charge in [-0.2, -0.15) is 0 Å². The van der Waals surface area contributed by atoms with Crippen LogP contribution in [-0.2, 0) is 9.59 Å².